The van der Waals surface area contributed by atoms with Gasteiger partial charge >= 0.3 is 12.0 Å². The predicted octanol–water partition coefficient (Wildman–Crippen LogP) is 1.75. The van der Waals surface area contributed by atoms with Crippen LogP contribution in [0.2, 0.25) is 5.02 Å². The maximum absolute atomic E-state index is 13.5. The Bertz CT molecular complexity index is 618. The van der Waals surface area contributed by atoms with Crippen molar-refractivity contribution < 1.29 is 23.5 Å². The van der Waals surface area contributed by atoms with Gasteiger partial charge in [-0.15, -0.1) is 0 Å². The Morgan fingerprint density at radius 1 is 1.42 bits per heavy atom. The molecule has 1 atom stereocenters. The Kier molecular flexibility index (Phi) is 8.34. The van der Waals surface area contributed by atoms with Crippen LogP contribution < -0.4 is 16.4 Å². The highest BCUT2D eigenvalue weighted by Gasteiger charge is 2.22. The smallest absolute Gasteiger partial charge is 0.329 e. The van der Waals surface area contributed by atoms with Gasteiger partial charge in [0.15, 0.2) is 6.61 Å². The molecular weight excluding hydrogens is 361 g/mol. The summed E-state index contributed by atoms with van der Waals surface area (Å²) in [5, 5.41) is 4.73. The van der Waals surface area contributed by atoms with Crippen LogP contribution >= 0.6 is 23.4 Å². The average Bonchev–Trinajstić information content (AvgIpc) is 2.52. The third kappa shape index (κ3) is 7.05. The molecule has 0 spiro atoms. The number of hydrogen-bond acceptors (Lipinski definition) is 5. The van der Waals surface area contributed by atoms with E-state index in [1.54, 1.807) is 0 Å². The fourth-order valence-electron chi connectivity index (χ4n) is 1.67. The van der Waals surface area contributed by atoms with Gasteiger partial charge in [0.1, 0.15) is 11.9 Å². The first kappa shape index (κ1) is 20.0. The van der Waals surface area contributed by atoms with Gasteiger partial charge in [-0.05, 0) is 36.6 Å². The summed E-state index contributed by atoms with van der Waals surface area (Å²) in [7, 11) is 0. The number of hydrogen-bond donors (Lipinski definition) is 3. The van der Waals surface area contributed by atoms with E-state index in [4.69, 9.17) is 22.1 Å². The van der Waals surface area contributed by atoms with Gasteiger partial charge in [0, 0.05) is 5.02 Å². The van der Waals surface area contributed by atoms with Crippen molar-refractivity contribution in [1.29, 1.82) is 0 Å². The number of carbonyl (C=O) groups is 3. The van der Waals surface area contributed by atoms with Gasteiger partial charge in [0.05, 0.1) is 5.69 Å². The van der Waals surface area contributed by atoms with Gasteiger partial charge in [0.25, 0.3) is 5.91 Å². The van der Waals surface area contributed by atoms with Crippen molar-refractivity contribution in [2.75, 3.05) is 23.9 Å². The summed E-state index contributed by atoms with van der Waals surface area (Å²) in [6.07, 6.45) is 2.13. The monoisotopic (exact) mass is 377 g/mol. The molecule has 7 nitrogen and oxygen atoms in total. The molecule has 0 aliphatic rings. The molecule has 0 aliphatic carbocycles. The van der Waals surface area contributed by atoms with E-state index < -0.39 is 36.4 Å². The first-order chi connectivity index (χ1) is 11.3. The summed E-state index contributed by atoms with van der Waals surface area (Å²) in [6.45, 7) is -0.638. The molecule has 0 bridgehead atoms. The number of amides is 3. The number of urea groups is 1. The molecule has 0 aromatic heterocycles. The molecule has 0 fully saturated rings. The molecule has 1 aromatic carbocycles. The summed E-state index contributed by atoms with van der Waals surface area (Å²) >= 11 is 7.18. The van der Waals surface area contributed by atoms with E-state index in [9.17, 15) is 18.8 Å². The molecule has 10 heteroatoms. The number of rotatable bonds is 8. The van der Waals surface area contributed by atoms with Crippen molar-refractivity contribution in [2.24, 2.45) is 5.73 Å². The number of primary amides is 1. The maximum atomic E-state index is 13.5. The molecule has 0 saturated carbocycles. The lowest BCUT2D eigenvalue weighted by Gasteiger charge is -2.16. The second kappa shape index (κ2) is 9.99. The van der Waals surface area contributed by atoms with Crippen molar-refractivity contribution in [3.05, 3.63) is 29.0 Å². The van der Waals surface area contributed by atoms with Crippen LogP contribution in [-0.4, -0.2) is 42.6 Å². The Morgan fingerprint density at radius 3 is 2.75 bits per heavy atom. The van der Waals surface area contributed by atoms with Gasteiger partial charge in [-0.25, -0.2) is 14.0 Å². The maximum Gasteiger partial charge on any atom is 0.329 e. The summed E-state index contributed by atoms with van der Waals surface area (Å²) < 4.78 is 18.3. The van der Waals surface area contributed by atoms with Crippen LogP contribution in [0.1, 0.15) is 6.42 Å². The minimum Gasteiger partial charge on any atom is -0.454 e. The minimum absolute atomic E-state index is 0.127. The molecule has 0 unspecified atom stereocenters. The molecule has 4 N–H and O–H groups in total. The Hall–Kier alpha value is -2.00. The summed E-state index contributed by atoms with van der Waals surface area (Å²) in [6, 6.07) is 1.83. The number of anilines is 1. The van der Waals surface area contributed by atoms with Crippen LogP contribution in [0.25, 0.3) is 0 Å². The molecule has 0 radical (unpaired) electrons. The van der Waals surface area contributed by atoms with Gasteiger partial charge in [-0.2, -0.15) is 11.8 Å². The number of nitrogens with one attached hydrogen (secondary N) is 2. The van der Waals surface area contributed by atoms with Gasteiger partial charge in [-0.3, -0.25) is 4.79 Å². The Labute approximate surface area is 147 Å². The number of nitrogens with two attached hydrogens (primary N) is 1. The molecule has 0 aliphatic heterocycles. The standard InChI is InChI=1S/C14H17ClFN3O4S/c1-24-5-4-10(19-14(17)22)13(21)23-7-12(20)18-11-6-8(15)2-3-9(11)16/h2-3,6,10H,4-5,7H2,1H3,(H,18,20)(H3,17,19,22)/t10-/m1/s1. The predicted molar refractivity (Wildman–Crippen MR) is 90.5 cm³/mol. The van der Waals surface area contributed by atoms with E-state index in [-0.39, 0.29) is 10.7 Å². The van der Waals surface area contributed by atoms with E-state index in [0.29, 0.717) is 12.2 Å². The molecule has 3 amide bonds. The lowest BCUT2D eigenvalue weighted by Crippen LogP contribution is -2.45. The normalized spacial score (nSPS) is 11.5. The number of carbonyl (C=O) groups excluding carboxylic acids is 3. The van der Waals surface area contributed by atoms with Crippen LogP contribution in [0.15, 0.2) is 18.2 Å². The quantitative estimate of drug-likeness (QED) is 0.598. The first-order valence-corrected chi connectivity index (χ1v) is 8.57. The second-order valence-corrected chi connectivity index (χ2v) is 6.04. The van der Waals surface area contributed by atoms with E-state index in [1.165, 1.54) is 23.9 Å². The fraction of sp³-hybridized carbons (Fsp3) is 0.357. The summed E-state index contributed by atoms with van der Waals surface area (Å²) in [4.78, 5) is 34.5. The molecular formula is C14H17ClFN3O4S. The van der Waals surface area contributed by atoms with Crippen molar-refractivity contribution in [2.45, 2.75) is 12.5 Å². The zero-order valence-corrected chi connectivity index (χ0v) is 14.4. The second-order valence-electron chi connectivity index (χ2n) is 4.62. The van der Waals surface area contributed by atoms with Gasteiger partial charge < -0.3 is 21.1 Å². The molecule has 132 valence electrons. The Balaban J connectivity index is 2.55. The lowest BCUT2D eigenvalue weighted by molar-refractivity contribution is -0.149. The van der Waals surface area contributed by atoms with Crippen LogP contribution in [-0.2, 0) is 14.3 Å². The van der Waals surface area contributed by atoms with Crippen molar-refractivity contribution in [3.8, 4) is 0 Å². The van der Waals surface area contributed by atoms with Crippen LogP contribution in [0.5, 0.6) is 0 Å². The number of esters is 1. The highest BCUT2D eigenvalue weighted by atomic mass is 35.5. The van der Waals surface area contributed by atoms with E-state index in [0.717, 1.165) is 6.07 Å². The zero-order valence-electron chi connectivity index (χ0n) is 12.8. The zero-order chi connectivity index (χ0) is 18.1. The van der Waals surface area contributed by atoms with Crippen LogP contribution in [0.4, 0.5) is 14.9 Å². The number of thioether (sulfide) groups is 1. The van der Waals surface area contributed by atoms with Crippen LogP contribution in [0.3, 0.4) is 0 Å². The molecule has 0 saturated heterocycles. The SMILES string of the molecule is CSCC[C@@H](NC(N)=O)C(=O)OCC(=O)Nc1cc(Cl)ccc1F. The minimum atomic E-state index is -0.953. The first-order valence-electron chi connectivity index (χ1n) is 6.80. The number of halogens is 2. The highest BCUT2D eigenvalue weighted by Crippen LogP contribution is 2.19. The van der Waals surface area contributed by atoms with E-state index in [2.05, 4.69) is 10.6 Å². The van der Waals surface area contributed by atoms with Crippen molar-refractivity contribution in [1.82, 2.24) is 5.32 Å². The summed E-state index contributed by atoms with van der Waals surface area (Å²) in [5.74, 6) is -1.64. The van der Waals surface area contributed by atoms with Gasteiger partial charge in [-0.1, -0.05) is 11.6 Å². The molecule has 1 rings (SSSR count). The van der Waals surface area contributed by atoms with Crippen molar-refractivity contribution in [3.63, 3.8) is 0 Å². The third-order valence-corrected chi connectivity index (χ3v) is 3.64. The van der Waals surface area contributed by atoms with Crippen LogP contribution in [0, 0.1) is 5.82 Å². The Morgan fingerprint density at radius 2 is 2.12 bits per heavy atom. The highest BCUT2D eigenvalue weighted by molar-refractivity contribution is 7.98. The molecule has 0 heterocycles. The molecule has 1 aromatic rings. The number of benzene rings is 1. The summed E-state index contributed by atoms with van der Waals surface area (Å²) in [5.41, 5.74) is 4.87. The number of ether oxygens (including phenoxy) is 1. The largest absolute Gasteiger partial charge is 0.454 e. The third-order valence-electron chi connectivity index (χ3n) is 2.76. The fourth-order valence-corrected chi connectivity index (χ4v) is 2.32. The topological polar surface area (TPSA) is 111 Å². The van der Waals surface area contributed by atoms with Gasteiger partial charge in [0.2, 0.25) is 0 Å². The lowest BCUT2D eigenvalue weighted by atomic mass is 10.2. The molecule has 24 heavy (non-hydrogen) atoms. The van der Waals surface area contributed by atoms with Crippen molar-refractivity contribution >= 4 is 47.0 Å². The van der Waals surface area contributed by atoms with E-state index >= 15 is 0 Å². The van der Waals surface area contributed by atoms with E-state index in [1.807, 2.05) is 6.26 Å². The average molecular weight is 378 g/mol.